The summed E-state index contributed by atoms with van der Waals surface area (Å²) in [5, 5.41) is 14.1. The topological polar surface area (TPSA) is 175 Å². The average Bonchev–Trinajstić information content (AvgIpc) is 3.16. The van der Waals surface area contributed by atoms with Gasteiger partial charge in [0.2, 0.25) is 11.8 Å². The third kappa shape index (κ3) is 10.1. The van der Waals surface area contributed by atoms with Crippen molar-refractivity contribution in [3.8, 4) is 0 Å². The predicted molar refractivity (Wildman–Crippen MR) is 92.2 cm³/mol. The molecule has 3 N–H and O–H groups in total. The van der Waals surface area contributed by atoms with Crippen LogP contribution < -0.4 is 10.6 Å². The third-order valence-electron chi connectivity index (χ3n) is 3.34. The van der Waals surface area contributed by atoms with Gasteiger partial charge in [-0.1, -0.05) is 0 Å². The van der Waals surface area contributed by atoms with Crippen LogP contribution in [0.1, 0.15) is 18.5 Å². The average molecular weight is 401 g/mol. The molecule has 0 saturated carbocycles. The highest BCUT2D eigenvalue weighted by Crippen LogP contribution is 2.01. The molecule has 0 radical (unpaired) electrons. The number of rotatable bonds is 14. The van der Waals surface area contributed by atoms with E-state index in [1.165, 1.54) is 19.6 Å². The number of aromatic amines is 1. The summed E-state index contributed by atoms with van der Waals surface area (Å²) in [4.78, 5) is 56.0. The number of ether oxygens (including phenoxy) is 2. The Bertz CT molecular complexity index is 636. The number of carbonyl (C=O) groups is 3. The molecule has 13 nitrogen and oxygen atoms in total. The van der Waals surface area contributed by atoms with Crippen molar-refractivity contribution in [1.82, 2.24) is 20.6 Å². The summed E-state index contributed by atoms with van der Waals surface area (Å²) in [6, 6.07) is -0.877. The largest absolute Gasteiger partial charge is 0.467 e. The molecule has 0 saturated heterocycles. The fourth-order valence-corrected chi connectivity index (χ4v) is 2.05. The summed E-state index contributed by atoms with van der Waals surface area (Å²) >= 11 is 0. The number of hydrogen-bond acceptors (Lipinski definition) is 9. The van der Waals surface area contributed by atoms with Crippen LogP contribution in [0.3, 0.4) is 0 Å². The van der Waals surface area contributed by atoms with E-state index in [-0.39, 0.29) is 45.6 Å². The fraction of sp³-hybridized carbons (Fsp3) is 0.600. The van der Waals surface area contributed by atoms with Crippen LogP contribution in [0.4, 0.5) is 0 Å². The molecule has 0 aliphatic rings. The van der Waals surface area contributed by atoms with E-state index < -0.39 is 28.9 Å². The number of carbonyl (C=O) groups excluding carboxylic acids is 3. The maximum Gasteiger partial charge on any atom is 0.328 e. The summed E-state index contributed by atoms with van der Waals surface area (Å²) in [6.07, 6.45) is 3.41. The maximum absolute atomic E-state index is 12.0. The summed E-state index contributed by atoms with van der Waals surface area (Å²) in [7, 11) is 1.22. The minimum atomic E-state index is -0.905. The van der Waals surface area contributed by atoms with Gasteiger partial charge in [-0.15, -0.1) is 10.1 Å². The number of nitrogens with zero attached hydrogens (tertiary/aromatic N) is 2. The lowest BCUT2D eigenvalue weighted by molar-refractivity contribution is -0.757. The number of imidazole rings is 1. The normalized spacial score (nSPS) is 11.3. The first-order valence-electron chi connectivity index (χ1n) is 8.38. The number of nitrogens with one attached hydrogen (secondary N) is 3. The molecule has 0 bridgehead atoms. The van der Waals surface area contributed by atoms with Crippen LogP contribution in [0.15, 0.2) is 12.5 Å². The van der Waals surface area contributed by atoms with Gasteiger partial charge in [-0.2, -0.15) is 0 Å². The summed E-state index contributed by atoms with van der Waals surface area (Å²) < 4.78 is 9.69. The lowest BCUT2D eigenvalue weighted by Crippen LogP contribution is -2.44. The van der Waals surface area contributed by atoms with Crippen molar-refractivity contribution in [2.75, 3.05) is 33.5 Å². The first-order chi connectivity index (χ1) is 13.4. The molecule has 28 heavy (non-hydrogen) atoms. The molecule has 0 aliphatic carbocycles. The smallest absolute Gasteiger partial charge is 0.328 e. The Labute approximate surface area is 160 Å². The van der Waals surface area contributed by atoms with E-state index in [1.54, 1.807) is 0 Å². The van der Waals surface area contributed by atoms with Crippen LogP contribution in [0.2, 0.25) is 0 Å². The fourth-order valence-electron chi connectivity index (χ4n) is 2.05. The van der Waals surface area contributed by atoms with E-state index in [0.29, 0.717) is 5.69 Å². The van der Waals surface area contributed by atoms with E-state index in [9.17, 15) is 24.5 Å². The van der Waals surface area contributed by atoms with Crippen molar-refractivity contribution in [1.29, 1.82) is 0 Å². The van der Waals surface area contributed by atoms with Crippen LogP contribution in [0.25, 0.3) is 0 Å². The zero-order chi connectivity index (χ0) is 20.8. The van der Waals surface area contributed by atoms with Gasteiger partial charge >= 0.3 is 5.97 Å². The molecule has 156 valence electrons. The van der Waals surface area contributed by atoms with Crippen LogP contribution >= 0.6 is 0 Å². The van der Waals surface area contributed by atoms with Crippen molar-refractivity contribution >= 4 is 17.8 Å². The van der Waals surface area contributed by atoms with E-state index in [2.05, 4.69) is 30.2 Å². The molecule has 1 aromatic rings. The highest BCUT2D eigenvalue weighted by Gasteiger charge is 2.22. The van der Waals surface area contributed by atoms with Crippen molar-refractivity contribution in [3.05, 3.63) is 28.3 Å². The number of hydrogen-bond donors (Lipinski definition) is 3. The number of amides is 2. The monoisotopic (exact) mass is 401 g/mol. The Morgan fingerprint density at radius 1 is 1.32 bits per heavy atom. The predicted octanol–water partition coefficient (Wildman–Crippen LogP) is -1.27. The van der Waals surface area contributed by atoms with E-state index in [1.807, 2.05) is 0 Å². The number of H-pyrrole nitrogens is 1. The zero-order valence-electron chi connectivity index (χ0n) is 15.3. The molecule has 1 aromatic heterocycles. The van der Waals surface area contributed by atoms with Gasteiger partial charge in [0.1, 0.15) is 12.6 Å². The van der Waals surface area contributed by atoms with Crippen LogP contribution in [-0.2, 0) is 35.1 Å². The van der Waals surface area contributed by atoms with Gasteiger partial charge in [-0.05, 0) is 6.42 Å². The van der Waals surface area contributed by atoms with Crippen LogP contribution in [0, 0.1) is 10.1 Å². The highest BCUT2D eigenvalue weighted by molar-refractivity contribution is 5.85. The third-order valence-corrected chi connectivity index (χ3v) is 3.34. The van der Waals surface area contributed by atoms with Gasteiger partial charge in [0, 0.05) is 37.9 Å². The van der Waals surface area contributed by atoms with Crippen LogP contribution in [-0.4, -0.2) is 72.4 Å². The molecule has 0 aromatic carbocycles. The molecule has 0 fully saturated rings. The quantitative estimate of drug-likeness (QED) is 0.148. The Morgan fingerprint density at radius 3 is 2.75 bits per heavy atom. The molecule has 1 rings (SSSR count). The number of esters is 1. The van der Waals surface area contributed by atoms with Crippen molar-refractivity contribution in [2.24, 2.45) is 0 Å². The molecule has 1 heterocycles. The highest BCUT2D eigenvalue weighted by atomic mass is 16.9. The first kappa shape index (κ1) is 22.8. The van der Waals surface area contributed by atoms with E-state index in [4.69, 9.17) is 4.74 Å². The minimum Gasteiger partial charge on any atom is -0.467 e. The molecular formula is C15H23N5O8. The minimum absolute atomic E-state index is 0.0428. The SMILES string of the molecule is COC(=O)[C@H](Cc1cnc[nH]1)NC(=O)CCNC(=O)COCCCO[N+](=O)[O-]. The maximum atomic E-state index is 12.0. The van der Waals surface area contributed by atoms with Crippen molar-refractivity contribution < 1.29 is 33.8 Å². The second-order valence-corrected chi connectivity index (χ2v) is 5.49. The molecule has 0 aliphatic heterocycles. The standard InChI is InChI=1S/C15H23N5O8/c1-26-15(23)12(7-11-8-16-10-18-11)19-13(21)3-4-17-14(22)9-27-5-2-6-28-20(24)25/h8,10,12H,2-7,9H2,1H3,(H,16,18)(H,17,22)(H,19,21)/t12-/m0/s1. The number of methoxy groups -OCH3 is 1. The van der Waals surface area contributed by atoms with Crippen molar-refractivity contribution in [3.63, 3.8) is 0 Å². The first-order valence-corrected chi connectivity index (χ1v) is 8.38. The second kappa shape index (κ2) is 13.0. The summed E-state index contributed by atoms with van der Waals surface area (Å²) in [6.45, 7) is -0.189. The molecule has 13 heteroatoms. The molecular weight excluding hydrogens is 378 g/mol. The molecule has 2 amide bonds. The van der Waals surface area contributed by atoms with Gasteiger partial charge in [-0.25, -0.2) is 9.78 Å². The molecule has 1 atom stereocenters. The summed E-state index contributed by atoms with van der Waals surface area (Å²) in [5.41, 5.74) is 0.657. The van der Waals surface area contributed by atoms with Crippen LogP contribution in [0.5, 0.6) is 0 Å². The second-order valence-electron chi connectivity index (χ2n) is 5.49. The van der Waals surface area contributed by atoms with Gasteiger partial charge in [0.25, 0.3) is 5.09 Å². The Morgan fingerprint density at radius 2 is 2.11 bits per heavy atom. The van der Waals surface area contributed by atoms with Crippen molar-refractivity contribution in [2.45, 2.75) is 25.3 Å². The molecule has 0 spiro atoms. The lowest BCUT2D eigenvalue weighted by Gasteiger charge is -2.16. The Hall–Kier alpha value is -3.22. The van der Waals surface area contributed by atoms with E-state index in [0.717, 1.165) is 0 Å². The Balaban J connectivity index is 2.20. The Kier molecular flexibility index (Phi) is 10.6. The lowest BCUT2D eigenvalue weighted by atomic mass is 10.1. The van der Waals surface area contributed by atoms with E-state index >= 15 is 0 Å². The van der Waals surface area contributed by atoms with Gasteiger partial charge < -0.3 is 29.9 Å². The van der Waals surface area contributed by atoms with Gasteiger partial charge in [0.15, 0.2) is 0 Å². The summed E-state index contributed by atoms with van der Waals surface area (Å²) in [5.74, 6) is -1.47. The molecule has 0 unspecified atom stereocenters. The van der Waals surface area contributed by atoms with Gasteiger partial charge in [-0.3, -0.25) is 9.59 Å². The number of aromatic nitrogens is 2. The zero-order valence-corrected chi connectivity index (χ0v) is 15.3. The van der Waals surface area contributed by atoms with Gasteiger partial charge in [0.05, 0.1) is 20.0 Å².